The molecule has 70 valence electrons. The number of hydrogen-bond donors (Lipinski definition) is 1. The highest BCUT2D eigenvalue weighted by molar-refractivity contribution is 7.19. The molecule has 0 radical (unpaired) electrons. The van der Waals surface area contributed by atoms with Gasteiger partial charge in [-0.2, -0.15) is 5.26 Å². The summed E-state index contributed by atoms with van der Waals surface area (Å²) in [4.78, 5) is 0.619. The summed E-state index contributed by atoms with van der Waals surface area (Å²) < 4.78 is 1.07. The zero-order chi connectivity index (χ0) is 10.1. The summed E-state index contributed by atoms with van der Waals surface area (Å²) in [6.07, 6.45) is 0. The first-order valence-corrected chi connectivity index (χ1v) is 5.11. The topological polar surface area (TPSA) is 44.0 Å². The van der Waals surface area contributed by atoms with Crippen molar-refractivity contribution in [1.29, 1.82) is 5.26 Å². The van der Waals surface area contributed by atoms with Crippen LogP contribution in [-0.2, 0) is 6.61 Å². The number of rotatable bonds is 1. The Bertz CT molecular complexity index is 522. The van der Waals surface area contributed by atoms with Crippen LogP contribution in [0, 0.1) is 18.3 Å². The lowest BCUT2D eigenvalue weighted by Crippen LogP contribution is -1.83. The SMILES string of the molecule is Cc1ccc2c(CO)c(C#N)sc2c1. The van der Waals surface area contributed by atoms with Crippen molar-refractivity contribution in [3.8, 4) is 6.07 Å². The van der Waals surface area contributed by atoms with E-state index in [1.54, 1.807) is 0 Å². The van der Waals surface area contributed by atoms with Gasteiger partial charge < -0.3 is 5.11 Å². The van der Waals surface area contributed by atoms with Crippen molar-refractivity contribution in [1.82, 2.24) is 0 Å². The molecular weight excluding hydrogens is 194 g/mol. The maximum Gasteiger partial charge on any atom is 0.111 e. The number of fused-ring (bicyclic) bond motifs is 1. The first kappa shape index (κ1) is 9.20. The standard InChI is InChI=1S/C11H9NOS/c1-7-2-3-8-9(6-13)11(5-12)14-10(8)4-7/h2-4,13H,6H2,1H3. The number of aliphatic hydroxyl groups is 1. The minimum absolute atomic E-state index is 0.0635. The van der Waals surface area contributed by atoms with Crippen LogP contribution in [0.1, 0.15) is 16.0 Å². The predicted molar refractivity (Wildman–Crippen MR) is 57.2 cm³/mol. The Hall–Kier alpha value is -1.37. The third-order valence-electron chi connectivity index (χ3n) is 2.21. The molecule has 0 atom stereocenters. The predicted octanol–water partition coefficient (Wildman–Crippen LogP) is 2.57. The molecule has 0 bridgehead atoms. The molecule has 0 aliphatic heterocycles. The maximum atomic E-state index is 9.16. The van der Waals surface area contributed by atoms with Crippen LogP contribution in [0.3, 0.4) is 0 Å². The minimum atomic E-state index is -0.0635. The van der Waals surface area contributed by atoms with Gasteiger partial charge in [-0.1, -0.05) is 12.1 Å². The Kier molecular flexibility index (Phi) is 2.24. The molecule has 0 saturated heterocycles. The van der Waals surface area contributed by atoms with Gasteiger partial charge in [-0.25, -0.2) is 0 Å². The van der Waals surface area contributed by atoms with Gasteiger partial charge in [-0.3, -0.25) is 0 Å². The normalized spacial score (nSPS) is 10.4. The summed E-state index contributed by atoms with van der Waals surface area (Å²) in [5.41, 5.74) is 1.93. The summed E-state index contributed by atoms with van der Waals surface area (Å²) in [5, 5.41) is 19.0. The first-order valence-electron chi connectivity index (χ1n) is 4.29. The molecule has 1 N–H and O–H groups in total. The summed E-state index contributed by atoms with van der Waals surface area (Å²) >= 11 is 1.44. The maximum absolute atomic E-state index is 9.16. The number of benzene rings is 1. The van der Waals surface area contributed by atoms with Gasteiger partial charge >= 0.3 is 0 Å². The van der Waals surface area contributed by atoms with E-state index in [2.05, 4.69) is 6.07 Å². The van der Waals surface area contributed by atoms with Crippen molar-refractivity contribution in [2.75, 3.05) is 0 Å². The van der Waals surface area contributed by atoms with E-state index in [1.165, 1.54) is 16.9 Å². The first-order chi connectivity index (χ1) is 6.76. The molecule has 0 fully saturated rings. The average molecular weight is 203 g/mol. The highest BCUT2D eigenvalue weighted by Crippen LogP contribution is 2.31. The van der Waals surface area contributed by atoms with E-state index in [9.17, 15) is 0 Å². The monoisotopic (exact) mass is 203 g/mol. The summed E-state index contributed by atoms with van der Waals surface area (Å²) in [5.74, 6) is 0. The molecule has 0 aliphatic carbocycles. The number of nitriles is 1. The second-order valence-electron chi connectivity index (χ2n) is 3.18. The molecule has 1 aromatic carbocycles. The molecule has 0 unspecified atom stereocenters. The van der Waals surface area contributed by atoms with Gasteiger partial charge in [0, 0.05) is 10.3 Å². The summed E-state index contributed by atoms with van der Waals surface area (Å²) in [6.45, 7) is 1.95. The quantitative estimate of drug-likeness (QED) is 0.774. The molecule has 0 amide bonds. The van der Waals surface area contributed by atoms with E-state index in [0.29, 0.717) is 4.88 Å². The fraction of sp³-hybridized carbons (Fsp3) is 0.182. The van der Waals surface area contributed by atoms with Crippen LogP contribution < -0.4 is 0 Å². The molecule has 3 heteroatoms. The Morgan fingerprint density at radius 1 is 1.50 bits per heavy atom. The fourth-order valence-corrected chi connectivity index (χ4v) is 2.61. The van der Waals surface area contributed by atoms with Gasteiger partial charge in [0.1, 0.15) is 10.9 Å². The molecule has 1 heterocycles. The van der Waals surface area contributed by atoms with Crippen molar-refractivity contribution in [3.63, 3.8) is 0 Å². The molecule has 14 heavy (non-hydrogen) atoms. The number of thiophene rings is 1. The van der Waals surface area contributed by atoms with Crippen molar-refractivity contribution in [2.45, 2.75) is 13.5 Å². The van der Waals surface area contributed by atoms with E-state index in [-0.39, 0.29) is 6.61 Å². The number of hydrogen-bond acceptors (Lipinski definition) is 3. The van der Waals surface area contributed by atoms with Crippen molar-refractivity contribution < 1.29 is 5.11 Å². The fourth-order valence-electron chi connectivity index (χ4n) is 1.50. The van der Waals surface area contributed by atoms with Crippen LogP contribution in [-0.4, -0.2) is 5.11 Å². The van der Waals surface area contributed by atoms with Crippen LogP contribution in [0.2, 0.25) is 0 Å². The van der Waals surface area contributed by atoms with Crippen molar-refractivity contribution in [2.24, 2.45) is 0 Å². The molecule has 0 aliphatic rings. The van der Waals surface area contributed by atoms with Gasteiger partial charge in [-0.05, 0) is 23.9 Å². The number of aryl methyl sites for hydroxylation is 1. The number of nitrogens with zero attached hydrogens (tertiary/aromatic N) is 1. The third kappa shape index (κ3) is 1.29. The lowest BCUT2D eigenvalue weighted by atomic mass is 10.1. The molecule has 2 nitrogen and oxygen atoms in total. The van der Waals surface area contributed by atoms with E-state index in [1.807, 2.05) is 25.1 Å². The minimum Gasteiger partial charge on any atom is -0.392 e. The van der Waals surface area contributed by atoms with E-state index < -0.39 is 0 Å². The lowest BCUT2D eigenvalue weighted by Gasteiger charge is -1.95. The van der Waals surface area contributed by atoms with Gasteiger partial charge in [-0.15, -0.1) is 11.3 Å². The second kappa shape index (κ2) is 3.41. The van der Waals surface area contributed by atoms with Gasteiger partial charge in [0.15, 0.2) is 0 Å². The van der Waals surface area contributed by atoms with Crippen LogP contribution in [0.25, 0.3) is 10.1 Å². The largest absolute Gasteiger partial charge is 0.392 e. The summed E-state index contributed by atoms with van der Waals surface area (Å²) in [6, 6.07) is 8.12. The van der Waals surface area contributed by atoms with E-state index in [0.717, 1.165) is 15.6 Å². The van der Waals surface area contributed by atoms with Crippen LogP contribution >= 0.6 is 11.3 Å². The van der Waals surface area contributed by atoms with Gasteiger partial charge in [0.25, 0.3) is 0 Å². The molecular formula is C11H9NOS. The van der Waals surface area contributed by atoms with Crippen LogP contribution in [0.5, 0.6) is 0 Å². The molecule has 2 aromatic rings. The highest BCUT2D eigenvalue weighted by Gasteiger charge is 2.10. The third-order valence-corrected chi connectivity index (χ3v) is 3.31. The molecule has 2 rings (SSSR count). The second-order valence-corrected chi connectivity index (χ2v) is 4.23. The number of aliphatic hydroxyl groups excluding tert-OH is 1. The average Bonchev–Trinajstić information content (AvgIpc) is 2.54. The van der Waals surface area contributed by atoms with Crippen molar-refractivity contribution >= 4 is 21.4 Å². The van der Waals surface area contributed by atoms with E-state index in [4.69, 9.17) is 10.4 Å². The Labute approximate surface area is 86.0 Å². The van der Waals surface area contributed by atoms with Crippen LogP contribution in [0.15, 0.2) is 18.2 Å². The summed E-state index contributed by atoms with van der Waals surface area (Å²) in [7, 11) is 0. The zero-order valence-electron chi connectivity index (χ0n) is 7.74. The molecule has 1 aromatic heterocycles. The highest BCUT2D eigenvalue weighted by atomic mass is 32.1. The Morgan fingerprint density at radius 3 is 2.93 bits per heavy atom. The van der Waals surface area contributed by atoms with Crippen LogP contribution in [0.4, 0.5) is 0 Å². The Balaban J connectivity index is 2.81. The molecule has 0 spiro atoms. The van der Waals surface area contributed by atoms with E-state index >= 15 is 0 Å². The smallest absolute Gasteiger partial charge is 0.111 e. The lowest BCUT2D eigenvalue weighted by molar-refractivity contribution is 0.283. The van der Waals surface area contributed by atoms with Gasteiger partial charge in [0.2, 0.25) is 0 Å². The van der Waals surface area contributed by atoms with Gasteiger partial charge in [0.05, 0.1) is 6.61 Å². The van der Waals surface area contributed by atoms with Crippen molar-refractivity contribution in [3.05, 3.63) is 34.2 Å². The zero-order valence-corrected chi connectivity index (χ0v) is 8.56. The Morgan fingerprint density at radius 2 is 2.29 bits per heavy atom. The molecule has 0 saturated carbocycles.